The van der Waals surface area contributed by atoms with Gasteiger partial charge in [-0.1, -0.05) is 124 Å². The normalized spacial score (nSPS) is 12.3. The molecule has 4 aromatic rings. The number of phenolic OH excluding ortho intramolecular Hbond substituents is 1. The lowest BCUT2D eigenvalue weighted by molar-refractivity contribution is 0.273. The number of nitrogens with zero attached hydrogens (tertiary/aromatic N) is 2. The van der Waals surface area contributed by atoms with Crippen LogP contribution in [0.2, 0.25) is 0 Å². The summed E-state index contributed by atoms with van der Waals surface area (Å²) in [4.78, 5) is 4.51. The van der Waals surface area contributed by atoms with E-state index in [1.807, 2.05) is 0 Å². The zero-order valence-corrected chi connectivity index (χ0v) is 24.8. The van der Waals surface area contributed by atoms with Crippen molar-refractivity contribution in [3.63, 3.8) is 0 Å². The minimum Gasteiger partial charge on any atom is -0.508 e. The first-order valence-corrected chi connectivity index (χ1v) is 15.5. The van der Waals surface area contributed by atoms with Gasteiger partial charge in [0.25, 0.3) is 0 Å². The number of hydrogen-bond acceptors (Lipinski definition) is 3. The van der Waals surface area contributed by atoms with E-state index < -0.39 is 8.07 Å². The highest BCUT2D eigenvalue weighted by Crippen LogP contribution is 2.29. The molecule has 4 heteroatoms. The zero-order chi connectivity index (χ0) is 27.3. The average molecular weight is 523 g/mol. The summed E-state index contributed by atoms with van der Waals surface area (Å²) >= 11 is 0. The van der Waals surface area contributed by atoms with Gasteiger partial charge in [-0.05, 0) is 52.9 Å². The summed E-state index contributed by atoms with van der Waals surface area (Å²) in [6.45, 7) is 9.39. The molecule has 0 aliphatic carbocycles. The summed E-state index contributed by atoms with van der Waals surface area (Å²) in [6, 6.07) is 37.0. The van der Waals surface area contributed by atoms with E-state index in [-0.39, 0.29) is 5.41 Å². The molecule has 0 saturated heterocycles. The molecule has 0 amide bonds. The van der Waals surface area contributed by atoms with Crippen LogP contribution in [-0.2, 0) is 12.0 Å². The molecule has 0 unspecified atom stereocenters. The summed E-state index contributed by atoms with van der Waals surface area (Å²) in [6.07, 6.45) is 0. The van der Waals surface area contributed by atoms with Crippen molar-refractivity contribution >= 4 is 28.8 Å². The Labute approximate surface area is 230 Å². The van der Waals surface area contributed by atoms with Gasteiger partial charge < -0.3 is 14.9 Å². The van der Waals surface area contributed by atoms with E-state index in [0.29, 0.717) is 12.3 Å². The fourth-order valence-electron chi connectivity index (χ4n) is 5.31. The molecule has 0 aliphatic heterocycles. The first kappa shape index (κ1) is 27.8. The molecule has 0 saturated carbocycles. The van der Waals surface area contributed by atoms with Crippen LogP contribution in [0.5, 0.6) is 5.75 Å². The highest BCUT2D eigenvalue weighted by Gasteiger charge is 2.44. The van der Waals surface area contributed by atoms with Crippen molar-refractivity contribution in [2.75, 3.05) is 34.2 Å². The Morgan fingerprint density at radius 3 is 1.50 bits per heavy atom. The lowest BCUT2D eigenvalue weighted by Crippen LogP contribution is -2.74. The molecular formula is C34H42N2OSi. The molecule has 198 valence electrons. The minimum atomic E-state index is -2.85. The van der Waals surface area contributed by atoms with Gasteiger partial charge in [-0.25, -0.2) is 0 Å². The van der Waals surface area contributed by atoms with Crippen LogP contribution in [0.4, 0.5) is 0 Å². The molecule has 0 aliphatic rings. The fourth-order valence-corrected chi connectivity index (χ4v) is 10.2. The number of benzene rings is 4. The van der Waals surface area contributed by atoms with Gasteiger partial charge in [-0.2, -0.15) is 0 Å². The van der Waals surface area contributed by atoms with E-state index in [1.54, 1.807) is 0 Å². The van der Waals surface area contributed by atoms with Crippen LogP contribution in [0.25, 0.3) is 0 Å². The topological polar surface area (TPSA) is 26.7 Å². The summed E-state index contributed by atoms with van der Waals surface area (Å²) in [5.41, 5.74) is 2.18. The molecule has 0 heterocycles. The Bertz CT molecular complexity index is 1220. The van der Waals surface area contributed by atoms with E-state index in [1.165, 1.54) is 21.1 Å². The van der Waals surface area contributed by atoms with Gasteiger partial charge in [0.1, 0.15) is 5.75 Å². The molecule has 0 radical (unpaired) electrons. The second-order valence-electron chi connectivity index (χ2n) is 11.7. The SMILES string of the molecule is CN(C)CCN(C)Cc1cc(C(C)(C)C)cc([Si](c2ccccc2)(c2ccccc2)c2ccccc2)c1O. The molecular weight excluding hydrogens is 480 g/mol. The molecule has 0 fully saturated rings. The predicted molar refractivity (Wildman–Crippen MR) is 165 cm³/mol. The van der Waals surface area contributed by atoms with Gasteiger partial charge >= 0.3 is 0 Å². The second-order valence-corrected chi connectivity index (χ2v) is 15.4. The maximum atomic E-state index is 12.2. The summed E-state index contributed by atoms with van der Waals surface area (Å²) in [7, 11) is 3.49. The lowest BCUT2D eigenvalue weighted by atomic mass is 9.86. The van der Waals surface area contributed by atoms with Crippen LogP contribution in [0, 0.1) is 0 Å². The quantitative estimate of drug-likeness (QED) is 0.265. The standard InChI is InChI=1S/C34H42N2OSi/c1-34(2,3)28-24-27(26-36(6)23-22-35(4)5)33(37)32(25-28)38(29-16-10-7-11-17-29,30-18-12-8-13-19-30)31-20-14-9-15-21-31/h7-21,24-25,37H,22-23,26H2,1-6H3. The maximum absolute atomic E-state index is 12.2. The van der Waals surface area contributed by atoms with Crippen molar-refractivity contribution in [2.24, 2.45) is 0 Å². The van der Waals surface area contributed by atoms with Crippen LogP contribution < -0.4 is 20.7 Å². The molecule has 3 nitrogen and oxygen atoms in total. The Balaban J connectivity index is 2.07. The van der Waals surface area contributed by atoms with Crippen molar-refractivity contribution in [3.05, 3.63) is 114 Å². The fraction of sp³-hybridized carbons (Fsp3) is 0.294. The van der Waals surface area contributed by atoms with Gasteiger partial charge in [-0.15, -0.1) is 0 Å². The smallest absolute Gasteiger partial charge is 0.183 e. The van der Waals surface area contributed by atoms with Gasteiger partial charge in [-0.3, -0.25) is 0 Å². The summed E-state index contributed by atoms with van der Waals surface area (Å²) < 4.78 is 0. The third-order valence-electron chi connectivity index (χ3n) is 7.45. The molecule has 38 heavy (non-hydrogen) atoms. The van der Waals surface area contributed by atoms with Gasteiger partial charge in [0, 0.05) is 25.2 Å². The molecule has 0 spiro atoms. The van der Waals surface area contributed by atoms with Crippen LogP contribution in [0.15, 0.2) is 103 Å². The third-order valence-corrected chi connectivity index (χ3v) is 12.2. The lowest BCUT2D eigenvalue weighted by Gasteiger charge is -2.36. The molecule has 0 bridgehead atoms. The molecule has 0 atom stereocenters. The molecule has 1 N–H and O–H groups in total. The summed E-state index contributed by atoms with van der Waals surface area (Å²) in [5, 5.41) is 17.1. The van der Waals surface area contributed by atoms with Crippen molar-refractivity contribution < 1.29 is 5.11 Å². The van der Waals surface area contributed by atoms with Gasteiger partial charge in [0.05, 0.1) is 0 Å². The van der Waals surface area contributed by atoms with Gasteiger partial charge in [0.15, 0.2) is 8.07 Å². The molecule has 4 aromatic carbocycles. The van der Waals surface area contributed by atoms with Crippen molar-refractivity contribution in [1.29, 1.82) is 0 Å². The van der Waals surface area contributed by atoms with E-state index in [2.05, 4.69) is 155 Å². The zero-order valence-electron chi connectivity index (χ0n) is 23.8. The number of likely N-dealkylation sites (N-methyl/N-ethyl adjacent to an activating group) is 2. The summed E-state index contributed by atoms with van der Waals surface area (Å²) in [5.74, 6) is 0.429. The molecule has 0 aromatic heterocycles. The average Bonchev–Trinajstić information content (AvgIpc) is 2.91. The first-order chi connectivity index (χ1) is 18.1. The Morgan fingerprint density at radius 2 is 1.11 bits per heavy atom. The minimum absolute atomic E-state index is 0.0659. The van der Waals surface area contributed by atoms with E-state index in [9.17, 15) is 5.11 Å². The monoisotopic (exact) mass is 522 g/mol. The van der Waals surface area contributed by atoms with E-state index in [0.717, 1.165) is 23.8 Å². The Kier molecular flexibility index (Phi) is 8.56. The van der Waals surface area contributed by atoms with Crippen molar-refractivity contribution in [2.45, 2.75) is 32.7 Å². The predicted octanol–water partition coefficient (Wildman–Crippen LogP) is 4.06. The molecule has 4 rings (SSSR count). The van der Waals surface area contributed by atoms with Crippen LogP contribution >= 0.6 is 0 Å². The number of phenols is 1. The highest BCUT2D eigenvalue weighted by atomic mass is 28.3. The van der Waals surface area contributed by atoms with Crippen molar-refractivity contribution in [3.8, 4) is 5.75 Å². The highest BCUT2D eigenvalue weighted by molar-refractivity contribution is 7.20. The first-order valence-electron chi connectivity index (χ1n) is 13.5. The maximum Gasteiger partial charge on any atom is 0.183 e. The third kappa shape index (κ3) is 5.78. The Hall–Kier alpha value is -3.18. The van der Waals surface area contributed by atoms with Crippen LogP contribution in [-0.4, -0.2) is 57.2 Å². The number of hydrogen-bond donors (Lipinski definition) is 1. The van der Waals surface area contributed by atoms with Crippen molar-refractivity contribution in [1.82, 2.24) is 9.80 Å². The number of rotatable bonds is 9. The van der Waals surface area contributed by atoms with Crippen LogP contribution in [0.1, 0.15) is 31.9 Å². The van der Waals surface area contributed by atoms with Crippen LogP contribution in [0.3, 0.4) is 0 Å². The number of aromatic hydroxyl groups is 1. The largest absolute Gasteiger partial charge is 0.508 e. The second kappa shape index (κ2) is 11.7. The van der Waals surface area contributed by atoms with Gasteiger partial charge in [0.2, 0.25) is 0 Å². The Morgan fingerprint density at radius 1 is 0.658 bits per heavy atom. The van der Waals surface area contributed by atoms with E-state index in [4.69, 9.17) is 0 Å². The van der Waals surface area contributed by atoms with E-state index >= 15 is 0 Å².